The monoisotopic (exact) mass is 384 g/mol. The van der Waals surface area contributed by atoms with Crippen LogP contribution in [0.5, 0.6) is 5.75 Å². The molecule has 27 heavy (non-hydrogen) atoms. The Hall–Kier alpha value is -2.31. The molecule has 142 valence electrons. The number of nitrogens with zero attached hydrogens (tertiary/aromatic N) is 2. The molecule has 2 heterocycles. The molecule has 1 aliphatic rings. The van der Waals surface area contributed by atoms with Crippen molar-refractivity contribution >= 4 is 20.7 Å². The molecule has 0 saturated carbocycles. The maximum atomic E-state index is 13.3. The van der Waals surface area contributed by atoms with Crippen molar-refractivity contribution in [1.82, 2.24) is 9.47 Å². The number of methoxy groups -OCH3 is 1. The van der Waals surface area contributed by atoms with Crippen molar-refractivity contribution in [3.63, 3.8) is 0 Å². The summed E-state index contributed by atoms with van der Waals surface area (Å²) in [6.45, 7) is 3.96. The Morgan fingerprint density at radius 1 is 1.00 bits per heavy atom. The molecule has 0 spiro atoms. The predicted octanol–water partition coefficient (Wildman–Crippen LogP) is 3.58. The van der Waals surface area contributed by atoms with Crippen LogP contribution in [0.2, 0.25) is 0 Å². The lowest BCUT2D eigenvalue weighted by Gasteiger charge is -2.15. The molecule has 0 aliphatic carbocycles. The van der Waals surface area contributed by atoms with Crippen LogP contribution in [-0.4, -0.2) is 44.6 Å². The number of benzene rings is 2. The van der Waals surface area contributed by atoms with E-state index < -0.39 is 9.84 Å². The summed E-state index contributed by atoms with van der Waals surface area (Å²) in [5, 5.41) is 0.708. The molecule has 0 unspecified atom stereocenters. The molecule has 1 aromatic heterocycles. The second kappa shape index (κ2) is 7.37. The third-order valence-electron chi connectivity index (χ3n) is 5.25. The smallest absolute Gasteiger partial charge is 0.208 e. The van der Waals surface area contributed by atoms with E-state index in [0.29, 0.717) is 20.9 Å². The van der Waals surface area contributed by atoms with Crippen molar-refractivity contribution in [3.8, 4) is 5.75 Å². The first-order valence-corrected chi connectivity index (χ1v) is 10.8. The third-order valence-corrected chi connectivity index (χ3v) is 7.05. The van der Waals surface area contributed by atoms with Gasteiger partial charge >= 0.3 is 0 Å². The molecule has 1 fully saturated rings. The van der Waals surface area contributed by atoms with Crippen LogP contribution in [0.25, 0.3) is 10.9 Å². The highest BCUT2D eigenvalue weighted by atomic mass is 32.2. The van der Waals surface area contributed by atoms with Gasteiger partial charge in [0, 0.05) is 30.2 Å². The van der Waals surface area contributed by atoms with Gasteiger partial charge in [0.05, 0.1) is 16.9 Å². The predicted molar refractivity (Wildman–Crippen MR) is 106 cm³/mol. The van der Waals surface area contributed by atoms with E-state index in [2.05, 4.69) is 9.47 Å². The summed E-state index contributed by atoms with van der Waals surface area (Å²) in [6.07, 6.45) is 4.27. The highest BCUT2D eigenvalue weighted by Gasteiger charge is 2.24. The minimum absolute atomic E-state index is 0.311. The standard InChI is InChI=1S/C21H24N2O3S/c1-26-17-9-10-20-19(15-17)21(27(24,25)18-7-3-2-4-8-18)16-23(20)14-13-22-11-5-6-12-22/h2-4,7-10,15-16H,5-6,11-14H2,1H3. The fourth-order valence-electron chi connectivity index (χ4n) is 3.75. The molecule has 0 radical (unpaired) electrons. The second-order valence-electron chi connectivity index (χ2n) is 6.94. The highest BCUT2D eigenvalue weighted by molar-refractivity contribution is 7.91. The minimum Gasteiger partial charge on any atom is -0.497 e. The maximum absolute atomic E-state index is 13.3. The summed E-state index contributed by atoms with van der Waals surface area (Å²) in [4.78, 5) is 3.08. The number of likely N-dealkylation sites (tertiary alicyclic amines) is 1. The number of sulfone groups is 1. The lowest BCUT2D eigenvalue weighted by Crippen LogP contribution is -2.23. The molecule has 4 rings (SSSR count). The van der Waals surface area contributed by atoms with Crippen LogP contribution in [0.4, 0.5) is 0 Å². The summed E-state index contributed by atoms with van der Waals surface area (Å²) in [7, 11) is -2.00. The van der Waals surface area contributed by atoms with E-state index >= 15 is 0 Å². The largest absolute Gasteiger partial charge is 0.497 e. The molecule has 6 heteroatoms. The number of rotatable bonds is 6. The minimum atomic E-state index is -3.60. The van der Waals surface area contributed by atoms with Gasteiger partial charge in [-0.1, -0.05) is 18.2 Å². The Balaban J connectivity index is 1.79. The zero-order valence-corrected chi connectivity index (χ0v) is 16.3. The van der Waals surface area contributed by atoms with Crippen molar-refractivity contribution in [2.45, 2.75) is 29.2 Å². The van der Waals surface area contributed by atoms with Crippen LogP contribution < -0.4 is 4.74 Å². The Morgan fingerprint density at radius 2 is 1.74 bits per heavy atom. The third kappa shape index (κ3) is 3.47. The first-order valence-electron chi connectivity index (χ1n) is 9.29. The molecule has 0 amide bonds. The summed E-state index contributed by atoms with van der Waals surface area (Å²) in [5.74, 6) is 0.657. The van der Waals surface area contributed by atoms with Gasteiger partial charge in [0.15, 0.2) is 0 Å². The van der Waals surface area contributed by atoms with E-state index in [1.165, 1.54) is 12.8 Å². The molecule has 2 aromatic carbocycles. The van der Waals surface area contributed by atoms with Crippen molar-refractivity contribution in [3.05, 3.63) is 54.7 Å². The van der Waals surface area contributed by atoms with Crippen molar-refractivity contribution in [1.29, 1.82) is 0 Å². The van der Waals surface area contributed by atoms with Crippen molar-refractivity contribution < 1.29 is 13.2 Å². The summed E-state index contributed by atoms with van der Waals surface area (Å²) < 4.78 is 33.9. The van der Waals surface area contributed by atoms with Gasteiger partial charge in [-0.05, 0) is 56.3 Å². The molecule has 0 N–H and O–H groups in total. The van der Waals surface area contributed by atoms with Gasteiger partial charge in [-0.25, -0.2) is 8.42 Å². The van der Waals surface area contributed by atoms with E-state index in [1.807, 2.05) is 24.3 Å². The fraction of sp³-hybridized carbons (Fsp3) is 0.333. The van der Waals surface area contributed by atoms with Crippen molar-refractivity contribution in [2.75, 3.05) is 26.7 Å². The molecule has 0 atom stereocenters. The lowest BCUT2D eigenvalue weighted by molar-refractivity contribution is 0.324. The van der Waals surface area contributed by atoms with Crippen LogP contribution in [0, 0.1) is 0 Å². The van der Waals surface area contributed by atoms with Crippen LogP contribution in [0.15, 0.2) is 64.5 Å². The van der Waals surface area contributed by atoms with Gasteiger partial charge in [-0.3, -0.25) is 0 Å². The molecule has 1 aliphatic heterocycles. The zero-order valence-electron chi connectivity index (χ0n) is 15.5. The molecule has 0 bridgehead atoms. The molecule has 5 nitrogen and oxygen atoms in total. The molecular formula is C21H24N2O3S. The first kappa shape index (κ1) is 18.1. The van der Waals surface area contributed by atoms with E-state index in [1.54, 1.807) is 37.6 Å². The number of hydrogen-bond acceptors (Lipinski definition) is 4. The lowest BCUT2D eigenvalue weighted by atomic mass is 10.2. The van der Waals surface area contributed by atoms with E-state index in [9.17, 15) is 8.42 Å². The van der Waals surface area contributed by atoms with E-state index in [-0.39, 0.29) is 0 Å². The Kier molecular flexibility index (Phi) is 4.93. The quantitative estimate of drug-likeness (QED) is 0.652. The SMILES string of the molecule is COc1ccc2c(c1)c(S(=O)(=O)c1ccccc1)cn2CCN1CCCC1. The van der Waals surface area contributed by atoms with Crippen LogP contribution >= 0.6 is 0 Å². The zero-order chi connectivity index (χ0) is 18.9. The molecule has 3 aromatic rings. The van der Waals surface area contributed by atoms with Gasteiger partial charge in [-0.2, -0.15) is 0 Å². The molecular weight excluding hydrogens is 360 g/mol. The number of fused-ring (bicyclic) bond motifs is 1. The fourth-order valence-corrected chi connectivity index (χ4v) is 5.24. The van der Waals surface area contributed by atoms with Gasteiger partial charge in [0.25, 0.3) is 0 Å². The van der Waals surface area contributed by atoms with Crippen LogP contribution in [0.3, 0.4) is 0 Å². The topological polar surface area (TPSA) is 51.5 Å². The normalized spacial score (nSPS) is 15.4. The first-order chi connectivity index (χ1) is 13.1. The van der Waals surface area contributed by atoms with Gasteiger partial charge in [0.2, 0.25) is 9.84 Å². The van der Waals surface area contributed by atoms with Gasteiger partial charge < -0.3 is 14.2 Å². The average Bonchev–Trinajstić information content (AvgIpc) is 3.34. The number of ether oxygens (including phenoxy) is 1. The Labute approximate surface area is 160 Å². The maximum Gasteiger partial charge on any atom is 0.208 e. The van der Waals surface area contributed by atoms with Crippen LogP contribution in [-0.2, 0) is 16.4 Å². The number of hydrogen-bond donors (Lipinski definition) is 0. The second-order valence-corrected chi connectivity index (χ2v) is 8.85. The summed E-state index contributed by atoms with van der Waals surface area (Å²) >= 11 is 0. The van der Waals surface area contributed by atoms with E-state index in [4.69, 9.17) is 4.74 Å². The summed E-state index contributed by atoms with van der Waals surface area (Å²) in [6, 6.07) is 14.3. The Bertz CT molecular complexity index is 1040. The summed E-state index contributed by atoms with van der Waals surface area (Å²) in [5.41, 5.74) is 0.921. The average molecular weight is 385 g/mol. The van der Waals surface area contributed by atoms with Crippen molar-refractivity contribution in [2.24, 2.45) is 0 Å². The molecule has 1 saturated heterocycles. The van der Waals surface area contributed by atoms with Crippen LogP contribution in [0.1, 0.15) is 12.8 Å². The van der Waals surface area contributed by atoms with E-state index in [0.717, 1.165) is 31.7 Å². The Morgan fingerprint density at radius 3 is 2.44 bits per heavy atom. The number of aromatic nitrogens is 1. The highest BCUT2D eigenvalue weighted by Crippen LogP contribution is 2.32. The van der Waals surface area contributed by atoms with Gasteiger partial charge in [0.1, 0.15) is 5.75 Å². The van der Waals surface area contributed by atoms with Gasteiger partial charge in [-0.15, -0.1) is 0 Å².